The minimum Gasteiger partial charge on any atom is -0.283 e. The van der Waals surface area contributed by atoms with Crippen LogP contribution in [0.2, 0.25) is 10.0 Å². The lowest BCUT2D eigenvalue weighted by Gasteiger charge is -2.20. The summed E-state index contributed by atoms with van der Waals surface area (Å²) in [6.07, 6.45) is 1.57. The molecule has 1 fully saturated rings. The number of amides is 1. The summed E-state index contributed by atoms with van der Waals surface area (Å²) in [5.74, 6) is 5.39. The third-order valence-corrected chi connectivity index (χ3v) is 3.47. The van der Waals surface area contributed by atoms with Crippen LogP contribution in [-0.2, 0) is 10.2 Å². The van der Waals surface area contributed by atoms with Crippen molar-refractivity contribution in [2.45, 2.75) is 18.3 Å². The highest BCUT2D eigenvalue weighted by Crippen LogP contribution is 2.51. The molecule has 0 atom stereocenters. The van der Waals surface area contributed by atoms with Crippen molar-refractivity contribution in [1.29, 1.82) is 0 Å². The van der Waals surface area contributed by atoms with Crippen LogP contribution in [0.3, 0.4) is 0 Å². The minimum absolute atomic E-state index is 0.100. The molecule has 5 heteroatoms. The second-order valence-corrected chi connectivity index (χ2v) is 4.97. The summed E-state index contributed by atoms with van der Waals surface area (Å²) in [6.45, 7) is 0. The molecule has 0 radical (unpaired) electrons. The molecule has 0 aliphatic heterocycles. The highest BCUT2D eigenvalue weighted by molar-refractivity contribution is 6.35. The molecule has 1 amide bonds. The smallest absolute Gasteiger partial charge is 0.246 e. The van der Waals surface area contributed by atoms with Crippen LogP contribution in [-0.4, -0.2) is 18.0 Å². The van der Waals surface area contributed by atoms with Gasteiger partial charge in [0.05, 0.1) is 5.41 Å². The molecule has 0 bridgehead atoms. The van der Waals surface area contributed by atoms with Crippen molar-refractivity contribution in [2.24, 2.45) is 5.84 Å². The Hall–Kier alpha value is -0.770. The lowest BCUT2D eigenvalue weighted by molar-refractivity contribution is -0.132. The summed E-state index contributed by atoms with van der Waals surface area (Å²) < 4.78 is 0. The van der Waals surface area contributed by atoms with Crippen LogP contribution in [0.1, 0.15) is 18.4 Å². The summed E-state index contributed by atoms with van der Waals surface area (Å²) in [5.41, 5.74) is 0.298. The van der Waals surface area contributed by atoms with E-state index in [4.69, 9.17) is 29.0 Å². The molecule has 16 heavy (non-hydrogen) atoms. The van der Waals surface area contributed by atoms with Crippen molar-refractivity contribution in [3.63, 3.8) is 0 Å². The molecule has 1 aromatic rings. The number of carbonyl (C=O) groups is 1. The summed E-state index contributed by atoms with van der Waals surface area (Å²) in [7, 11) is 1.55. The molecule has 86 valence electrons. The van der Waals surface area contributed by atoms with Gasteiger partial charge in [-0.2, -0.15) is 0 Å². The SMILES string of the molecule is CN(N)C(=O)C1(c2ccc(Cl)cc2Cl)CC1. The monoisotopic (exact) mass is 258 g/mol. The van der Waals surface area contributed by atoms with E-state index in [0.29, 0.717) is 10.0 Å². The molecule has 0 spiro atoms. The number of benzene rings is 1. The number of carbonyl (C=O) groups excluding carboxylic acids is 1. The molecule has 0 unspecified atom stereocenters. The third kappa shape index (κ3) is 1.79. The first-order valence-electron chi connectivity index (χ1n) is 4.96. The number of rotatable bonds is 2. The number of hydrazine groups is 1. The molecule has 0 heterocycles. The molecule has 1 aromatic carbocycles. The Kier molecular flexibility index (Phi) is 2.86. The highest BCUT2D eigenvalue weighted by Gasteiger charge is 2.53. The number of hydrogen-bond donors (Lipinski definition) is 1. The Morgan fingerprint density at radius 2 is 2.06 bits per heavy atom. The van der Waals surface area contributed by atoms with Crippen LogP contribution in [0.5, 0.6) is 0 Å². The molecule has 2 rings (SSSR count). The first-order valence-corrected chi connectivity index (χ1v) is 5.71. The van der Waals surface area contributed by atoms with Crippen molar-refractivity contribution in [3.05, 3.63) is 33.8 Å². The maximum Gasteiger partial charge on any atom is 0.246 e. The molecule has 2 N–H and O–H groups in total. The van der Waals surface area contributed by atoms with Crippen molar-refractivity contribution in [3.8, 4) is 0 Å². The van der Waals surface area contributed by atoms with Gasteiger partial charge in [-0.1, -0.05) is 29.3 Å². The van der Waals surface area contributed by atoms with Gasteiger partial charge in [0.2, 0.25) is 5.91 Å². The van der Waals surface area contributed by atoms with E-state index in [-0.39, 0.29) is 5.91 Å². The van der Waals surface area contributed by atoms with Gasteiger partial charge in [0.25, 0.3) is 0 Å². The summed E-state index contributed by atoms with van der Waals surface area (Å²) in [4.78, 5) is 12.0. The van der Waals surface area contributed by atoms with Crippen LogP contribution in [0.4, 0.5) is 0 Å². The second kappa shape index (κ2) is 3.91. The first-order chi connectivity index (χ1) is 7.47. The van der Waals surface area contributed by atoms with Crippen LogP contribution in [0, 0.1) is 0 Å². The van der Waals surface area contributed by atoms with Crippen molar-refractivity contribution in [1.82, 2.24) is 5.01 Å². The average Bonchev–Trinajstić information content (AvgIpc) is 2.97. The van der Waals surface area contributed by atoms with E-state index in [1.165, 1.54) is 0 Å². The van der Waals surface area contributed by atoms with Crippen molar-refractivity contribution >= 4 is 29.1 Å². The van der Waals surface area contributed by atoms with Gasteiger partial charge in [-0.3, -0.25) is 9.80 Å². The molecule has 1 aliphatic carbocycles. The lowest BCUT2D eigenvalue weighted by Crippen LogP contribution is -2.41. The average molecular weight is 259 g/mol. The quantitative estimate of drug-likeness (QED) is 0.503. The molecular formula is C11H12Cl2N2O. The van der Waals surface area contributed by atoms with Crippen molar-refractivity contribution in [2.75, 3.05) is 7.05 Å². The van der Waals surface area contributed by atoms with E-state index in [2.05, 4.69) is 0 Å². The van der Waals surface area contributed by atoms with Gasteiger partial charge in [0.15, 0.2) is 0 Å². The number of nitrogens with two attached hydrogens (primary N) is 1. The molecule has 0 saturated heterocycles. The third-order valence-electron chi connectivity index (χ3n) is 2.93. The van der Waals surface area contributed by atoms with Crippen LogP contribution >= 0.6 is 23.2 Å². The Morgan fingerprint density at radius 1 is 1.44 bits per heavy atom. The predicted molar refractivity (Wildman–Crippen MR) is 64.3 cm³/mol. The van der Waals surface area contributed by atoms with Gasteiger partial charge in [0.1, 0.15) is 0 Å². The lowest BCUT2D eigenvalue weighted by atomic mass is 9.95. The van der Waals surface area contributed by atoms with Crippen LogP contribution < -0.4 is 5.84 Å². The Bertz CT molecular complexity index is 442. The zero-order chi connectivity index (χ0) is 11.9. The van der Waals surface area contributed by atoms with Gasteiger partial charge >= 0.3 is 0 Å². The predicted octanol–water partition coefficient (Wildman–Crippen LogP) is 2.36. The van der Waals surface area contributed by atoms with E-state index >= 15 is 0 Å². The van der Waals surface area contributed by atoms with E-state index < -0.39 is 5.41 Å². The van der Waals surface area contributed by atoms with E-state index in [1.807, 2.05) is 0 Å². The Morgan fingerprint density at radius 3 is 2.50 bits per heavy atom. The van der Waals surface area contributed by atoms with Crippen LogP contribution in [0.25, 0.3) is 0 Å². The fraction of sp³-hybridized carbons (Fsp3) is 0.364. The fourth-order valence-electron chi connectivity index (χ4n) is 1.94. The summed E-state index contributed by atoms with van der Waals surface area (Å²) >= 11 is 11.9. The zero-order valence-electron chi connectivity index (χ0n) is 8.84. The van der Waals surface area contributed by atoms with E-state index in [1.54, 1.807) is 25.2 Å². The summed E-state index contributed by atoms with van der Waals surface area (Å²) in [5, 5.41) is 2.22. The van der Waals surface area contributed by atoms with E-state index in [9.17, 15) is 4.79 Å². The molecule has 0 aromatic heterocycles. The molecule has 1 aliphatic rings. The Labute approximate surface area is 104 Å². The first kappa shape index (κ1) is 11.7. The molecule has 1 saturated carbocycles. The molecule has 3 nitrogen and oxygen atoms in total. The van der Waals surface area contributed by atoms with Gasteiger partial charge < -0.3 is 0 Å². The highest BCUT2D eigenvalue weighted by atomic mass is 35.5. The van der Waals surface area contributed by atoms with Crippen LogP contribution in [0.15, 0.2) is 18.2 Å². The van der Waals surface area contributed by atoms with Gasteiger partial charge in [-0.25, -0.2) is 5.84 Å². The standard InChI is InChI=1S/C11H12Cl2N2O/c1-15(14)10(16)11(4-5-11)8-3-2-7(12)6-9(8)13/h2-3,6H,4-5,14H2,1H3. The van der Waals surface area contributed by atoms with Crippen molar-refractivity contribution < 1.29 is 4.79 Å². The number of nitrogens with zero attached hydrogens (tertiary/aromatic N) is 1. The second-order valence-electron chi connectivity index (χ2n) is 4.12. The number of hydrogen-bond acceptors (Lipinski definition) is 2. The Balaban J connectivity index is 2.41. The van der Waals surface area contributed by atoms with Gasteiger partial charge in [-0.15, -0.1) is 0 Å². The minimum atomic E-state index is -0.523. The van der Waals surface area contributed by atoms with Gasteiger partial charge in [-0.05, 0) is 30.5 Å². The number of likely N-dealkylation sites (N-methyl/N-ethyl adjacent to an activating group) is 1. The number of halogens is 2. The maximum atomic E-state index is 12.0. The topological polar surface area (TPSA) is 46.3 Å². The summed E-state index contributed by atoms with van der Waals surface area (Å²) in [6, 6.07) is 5.20. The van der Waals surface area contributed by atoms with Gasteiger partial charge in [0, 0.05) is 17.1 Å². The maximum absolute atomic E-state index is 12.0. The van der Waals surface area contributed by atoms with E-state index in [0.717, 1.165) is 23.4 Å². The largest absolute Gasteiger partial charge is 0.283 e. The fourth-order valence-corrected chi connectivity index (χ4v) is 2.53. The zero-order valence-corrected chi connectivity index (χ0v) is 10.3. The normalized spacial score (nSPS) is 17.0. The molecular weight excluding hydrogens is 247 g/mol.